The van der Waals surface area contributed by atoms with Crippen LogP contribution in [0, 0.1) is 0 Å². The molecule has 0 fully saturated rings. The highest BCUT2D eigenvalue weighted by atomic mass is 32.2. The highest BCUT2D eigenvalue weighted by molar-refractivity contribution is 7.89. The molecule has 1 aromatic heterocycles. The maximum Gasteiger partial charge on any atom is 0.308 e. The molecule has 0 bridgehead atoms. The van der Waals surface area contributed by atoms with Gasteiger partial charge in [0.05, 0.1) is 22.2 Å². The number of sulfonamides is 1. The van der Waals surface area contributed by atoms with Gasteiger partial charge >= 0.3 is 4.87 Å². The van der Waals surface area contributed by atoms with E-state index in [-0.39, 0.29) is 16.3 Å². The normalized spacial score (nSPS) is 11.8. The first-order valence-corrected chi connectivity index (χ1v) is 10.0. The van der Waals surface area contributed by atoms with Gasteiger partial charge in [-0.3, -0.25) is 9.36 Å². The summed E-state index contributed by atoms with van der Waals surface area (Å²) in [5, 5.41) is 0. The monoisotopic (exact) mass is 378 g/mol. The zero-order valence-corrected chi connectivity index (χ0v) is 15.5. The van der Waals surface area contributed by atoms with Gasteiger partial charge in [-0.15, -0.1) is 0 Å². The molecule has 0 saturated heterocycles. The Morgan fingerprint density at radius 3 is 2.52 bits per heavy atom. The van der Waals surface area contributed by atoms with Gasteiger partial charge in [-0.05, 0) is 42.8 Å². The first kappa shape index (κ1) is 17.7. The molecular formula is C17H18N2O4S2. The largest absolute Gasteiger partial charge is 0.497 e. The number of nitrogens with one attached hydrogen (secondary N) is 1. The van der Waals surface area contributed by atoms with Crippen molar-refractivity contribution in [1.82, 2.24) is 9.29 Å². The summed E-state index contributed by atoms with van der Waals surface area (Å²) < 4.78 is 35.0. The molecule has 2 aromatic carbocycles. The van der Waals surface area contributed by atoms with Crippen LogP contribution in [0.4, 0.5) is 0 Å². The molecule has 0 atom stereocenters. The fourth-order valence-corrected chi connectivity index (χ4v) is 4.63. The molecule has 0 radical (unpaired) electrons. The van der Waals surface area contributed by atoms with Crippen molar-refractivity contribution < 1.29 is 13.2 Å². The lowest BCUT2D eigenvalue weighted by Crippen LogP contribution is -2.23. The van der Waals surface area contributed by atoms with E-state index in [0.717, 1.165) is 22.4 Å². The molecule has 0 saturated carbocycles. The number of aryl methyl sites for hydroxylation is 1. The SMILES string of the molecule is CCn1c(=O)sc2cc(S(=O)(=O)NCc3ccc(OC)cc3)ccc21. The van der Waals surface area contributed by atoms with Gasteiger partial charge in [0.1, 0.15) is 5.75 Å². The molecule has 0 aliphatic rings. The van der Waals surface area contributed by atoms with Gasteiger partial charge in [-0.25, -0.2) is 13.1 Å². The Morgan fingerprint density at radius 2 is 1.88 bits per heavy atom. The smallest absolute Gasteiger partial charge is 0.308 e. The minimum atomic E-state index is -3.66. The molecule has 132 valence electrons. The van der Waals surface area contributed by atoms with Crippen molar-refractivity contribution in [2.75, 3.05) is 7.11 Å². The van der Waals surface area contributed by atoms with Crippen LogP contribution in [0.15, 0.2) is 52.2 Å². The minimum absolute atomic E-state index is 0.0850. The number of rotatable bonds is 6. The number of fused-ring (bicyclic) bond motifs is 1. The summed E-state index contributed by atoms with van der Waals surface area (Å²) in [5.74, 6) is 0.715. The molecular weight excluding hydrogens is 360 g/mol. The van der Waals surface area contributed by atoms with Gasteiger partial charge in [-0.1, -0.05) is 23.5 Å². The van der Waals surface area contributed by atoms with Crippen molar-refractivity contribution in [3.63, 3.8) is 0 Å². The maximum absolute atomic E-state index is 12.5. The van der Waals surface area contributed by atoms with E-state index in [1.54, 1.807) is 48.1 Å². The number of thiazole rings is 1. The molecule has 1 heterocycles. The van der Waals surface area contributed by atoms with Crippen LogP contribution in [0.2, 0.25) is 0 Å². The molecule has 0 spiro atoms. The van der Waals surface area contributed by atoms with E-state index in [1.165, 1.54) is 6.07 Å². The average Bonchev–Trinajstić information content (AvgIpc) is 2.94. The van der Waals surface area contributed by atoms with E-state index in [1.807, 2.05) is 6.92 Å². The summed E-state index contributed by atoms with van der Waals surface area (Å²) in [6.07, 6.45) is 0. The third kappa shape index (κ3) is 3.60. The predicted octanol–water partition coefficient (Wildman–Crippen LogP) is 2.57. The molecule has 8 heteroatoms. The highest BCUT2D eigenvalue weighted by Gasteiger charge is 2.16. The van der Waals surface area contributed by atoms with Crippen molar-refractivity contribution in [3.05, 3.63) is 57.7 Å². The quantitative estimate of drug-likeness (QED) is 0.715. The van der Waals surface area contributed by atoms with Crippen LogP contribution in [0.5, 0.6) is 5.75 Å². The third-order valence-corrected chi connectivity index (χ3v) is 6.23. The van der Waals surface area contributed by atoms with E-state index in [4.69, 9.17) is 4.74 Å². The molecule has 25 heavy (non-hydrogen) atoms. The average molecular weight is 378 g/mol. The Bertz CT molecular complexity index is 1050. The van der Waals surface area contributed by atoms with Crippen LogP contribution >= 0.6 is 11.3 Å². The third-order valence-electron chi connectivity index (χ3n) is 3.89. The Balaban J connectivity index is 1.83. The van der Waals surface area contributed by atoms with Crippen LogP contribution in [0.25, 0.3) is 10.2 Å². The molecule has 0 aliphatic heterocycles. The van der Waals surface area contributed by atoms with Crippen molar-refractivity contribution in [3.8, 4) is 5.75 Å². The molecule has 6 nitrogen and oxygen atoms in total. The van der Waals surface area contributed by atoms with Crippen LogP contribution < -0.4 is 14.3 Å². The maximum atomic E-state index is 12.5. The van der Waals surface area contributed by atoms with Gasteiger partial charge in [-0.2, -0.15) is 0 Å². The Kier molecular flexibility index (Phi) is 4.94. The number of hydrogen-bond donors (Lipinski definition) is 1. The van der Waals surface area contributed by atoms with Crippen LogP contribution in [0.1, 0.15) is 12.5 Å². The standard InChI is InChI=1S/C17H18N2O4S2/c1-3-19-15-9-8-14(10-16(15)24-17(19)20)25(21,22)18-11-12-4-6-13(23-2)7-5-12/h4-10,18H,3,11H2,1-2H3. The van der Waals surface area contributed by atoms with E-state index in [9.17, 15) is 13.2 Å². The van der Waals surface area contributed by atoms with E-state index >= 15 is 0 Å². The number of benzene rings is 2. The number of ether oxygens (including phenoxy) is 1. The topological polar surface area (TPSA) is 77.4 Å². The Hall–Kier alpha value is -2.16. The summed E-state index contributed by atoms with van der Waals surface area (Å²) in [7, 11) is -2.08. The lowest BCUT2D eigenvalue weighted by Gasteiger charge is -2.08. The van der Waals surface area contributed by atoms with Crippen molar-refractivity contribution in [1.29, 1.82) is 0 Å². The molecule has 0 unspecified atom stereocenters. The summed E-state index contributed by atoms with van der Waals surface area (Å²) in [6.45, 7) is 2.62. The highest BCUT2D eigenvalue weighted by Crippen LogP contribution is 2.22. The van der Waals surface area contributed by atoms with Crippen LogP contribution in [0.3, 0.4) is 0 Å². The molecule has 0 aliphatic carbocycles. The molecule has 3 aromatic rings. The first-order chi connectivity index (χ1) is 11.9. The van der Waals surface area contributed by atoms with Crippen LogP contribution in [-0.2, 0) is 23.1 Å². The van der Waals surface area contributed by atoms with Gasteiger partial charge in [0, 0.05) is 13.1 Å². The summed E-state index contributed by atoms with van der Waals surface area (Å²) in [6, 6.07) is 11.9. The summed E-state index contributed by atoms with van der Waals surface area (Å²) in [5.41, 5.74) is 1.58. The second-order valence-electron chi connectivity index (χ2n) is 5.41. The second kappa shape index (κ2) is 6.99. The van der Waals surface area contributed by atoms with Gasteiger partial charge in [0.2, 0.25) is 10.0 Å². The second-order valence-corrected chi connectivity index (χ2v) is 8.17. The van der Waals surface area contributed by atoms with E-state index < -0.39 is 10.0 Å². The van der Waals surface area contributed by atoms with E-state index in [2.05, 4.69) is 4.72 Å². The number of aromatic nitrogens is 1. The predicted molar refractivity (Wildman–Crippen MR) is 98.8 cm³/mol. The van der Waals surface area contributed by atoms with Crippen LogP contribution in [-0.4, -0.2) is 20.1 Å². The Labute approximate surface area is 149 Å². The fourth-order valence-electron chi connectivity index (χ4n) is 2.52. The Morgan fingerprint density at radius 1 is 1.16 bits per heavy atom. The molecule has 3 rings (SSSR count). The van der Waals surface area contributed by atoms with Crippen molar-refractivity contribution in [2.45, 2.75) is 24.9 Å². The lowest BCUT2D eigenvalue weighted by atomic mass is 10.2. The fraction of sp³-hybridized carbons (Fsp3) is 0.235. The van der Waals surface area contributed by atoms with Crippen molar-refractivity contribution >= 4 is 31.6 Å². The van der Waals surface area contributed by atoms with Gasteiger partial charge < -0.3 is 4.74 Å². The van der Waals surface area contributed by atoms with E-state index in [0.29, 0.717) is 17.0 Å². The first-order valence-electron chi connectivity index (χ1n) is 7.70. The summed E-state index contributed by atoms with van der Waals surface area (Å²) >= 11 is 1.05. The minimum Gasteiger partial charge on any atom is -0.497 e. The summed E-state index contributed by atoms with van der Waals surface area (Å²) in [4.78, 5) is 12.0. The van der Waals surface area contributed by atoms with Gasteiger partial charge in [0.25, 0.3) is 0 Å². The number of methoxy groups -OCH3 is 1. The molecule has 0 amide bonds. The lowest BCUT2D eigenvalue weighted by molar-refractivity contribution is 0.414. The zero-order chi connectivity index (χ0) is 18.0. The van der Waals surface area contributed by atoms with Crippen molar-refractivity contribution in [2.24, 2.45) is 0 Å². The number of hydrogen-bond acceptors (Lipinski definition) is 5. The number of nitrogens with zero attached hydrogens (tertiary/aromatic N) is 1. The molecule has 1 N–H and O–H groups in total. The zero-order valence-electron chi connectivity index (χ0n) is 13.9. The van der Waals surface area contributed by atoms with Gasteiger partial charge in [0.15, 0.2) is 0 Å².